The molecule has 3 aromatic rings. The van der Waals surface area contributed by atoms with E-state index in [2.05, 4.69) is 56.3 Å². The lowest BCUT2D eigenvalue weighted by atomic mass is 10.0. The van der Waals surface area contributed by atoms with Gasteiger partial charge in [-0.2, -0.15) is 9.97 Å². The molecule has 8 heteroatoms. The number of ether oxygens (including phenoxy) is 1. The minimum atomic E-state index is 0. The average Bonchev–Trinajstić information content (AvgIpc) is 3.49. The number of aromatic nitrogens is 3. The molecule has 190 valence electrons. The maximum absolute atomic E-state index is 6.30. The monoisotopic (exact) mass is 487 g/mol. The Labute approximate surface area is 214 Å². The Bertz CT molecular complexity index is 1260. The van der Waals surface area contributed by atoms with E-state index in [1.807, 2.05) is 12.4 Å². The van der Waals surface area contributed by atoms with Gasteiger partial charge >= 0.3 is 6.01 Å². The number of piperazine rings is 1. The fraction of sp³-hybridized carbons (Fsp3) is 0.536. The predicted molar refractivity (Wildman–Crippen MR) is 144 cm³/mol. The highest BCUT2D eigenvalue weighted by Gasteiger charge is 2.35. The molecule has 0 radical (unpaired) electrons. The van der Waals surface area contributed by atoms with Crippen LogP contribution in [0.25, 0.3) is 10.8 Å². The number of benzene rings is 1. The van der Waals surface area contributed by atoms with Crippen molar-refractivity contribution >= 4 is 22.3 Å². The summed E-state index contributed by atoms with van der Waals surface area (Å²) >= 11 is 0. The maximum Gasteiger partial charge on any atom is 0.318 e. The second kappa shape index (κ2) is 9.16. The zero-order valence-electron chi connectivity index (χ0n) is 21.1. The van der Waals surface area contributed by atoms with Gasteiger partial charge in [-0.3, -0.25) is 4.98 Å². The van der Waals surface area contributed by atoms with Gasteiger partial charge in [-0.15, -0.1) is 0 Å². The summed E-state index contributed by atoms with van der Waals surface area (Å²) in [6.45, 7) is 5.51. The SMILES string of the molecule is CN1CCC[C@H]1COc1nc2c(c(N3CC4CCC(C3)N4)n1)CCN(c1cncc3ccccc13)C2.[HH]. The first-order chi connectivity index (χ1) is 17.7. The van der Waals surface area contributed by atoms with Crippen LogP contribution in [-0.4, -0.2) is 77.8 Å². The van der Waals surface area contributed by atoms with Gasteiger partial charge in [-0.25, -0.2) is 0 Å². The molecule has 8 nitrogen and oxygen atoms in total. The van der Waals surface area contributed by atoms with Gasteiger partial charge < -0.3 is 24.8 Å². The molecule has 4 aliphatic rings. The number of nitrogens with zero attached hydrogens (tertiary/aromatic N) is 6. The Hall–Kier alpha value is -2.97. The Kier molecular flexibility index (Phi) is 5.66. The van der Waals surface area contributed by atoms with Gasteiger partial charge in [-0.1, -0.05) is 24.3 Å². The highest BCUT2D eigenvalue weighted by molar-refractivity contribution is 5.93. The van der Waals surface area contributed by atoms with Crippen molar-refractivity contribution in [2.45, 2.75) is 56.8 Å². The van der Waals surface area contributed by atoms with E-state index in [9.17, 15) is 0 Å². The number of fused-ring (bicyclic) bond motifs is 4. The molecule has 0 aliphatic carbocycles. The molecular formula is C28H37N7O. The molecule has 36 heavy (non-hydrogen) atoms. The zero-order valence-corrected chi connectivity index (χ0v) is 21.1. The molecule has 0 saturated carbocycles. The van der Waals surface area contributed by atoms with Crippen molar-refractivity contribution in [3.63, 3.8) is 0 Å². The number of rotatable bonds is 5. The fourth-order valence-electron chi connectivity index (χ4n) is 6.60. The summed E-state index contributed by atoms with van der Waals surface area (Å²) in [5.41, 5.74) is 3.57. The minimum Gasteiger partial charge on any atom is -0.462 e. The smallest absolute Gasteiger partial charge is 0.318 e. The second-order valence-corrected chi connectivity index (χ2v) is 10.9. The van der Waals surface area contributed by atoms with Crippen molar-refractivity contribution in [3.05, 3.63) is 47.9 Å². The topological polar surface area (TPSA) is 69.7 Å². The fourth-order valence-corrected chi connectivity index (χ4v) is 6.60. The summed E-state index contributed by atoms with van der Waals surface area (Å²) in [5.74, 6) is 1.10. The molecule has 0 spiro atoms. The largest absolute Gasteiger partial charge is 0.462 e. The van der Waals surface area contributed by atoms with Crippen molar-refractivity contribution in [2.24, 2.45) is 0 Å². The van der Waals surface area contributed by atoms with Crippen molar-refractivity contribution in [1.29, 1.82) is 0 Å². The number of likely N-dealkylation sites (N-methyl/N-ethyl adjacent to an activating group) is 1. The molecule has 3 saturated heterocycles. The van der Waals surface area contributed by atoms with Gasteiger partial charge in [-0.05, 0) is 45.7 Å². The van der Waals surface area contributed by atoms with Crippen LogP contribution in [0.15, 0.2) is 36.7 Å². The van der Waals surface area contributed by atoms with E-state index >= 15 is 0 Å². The van der Waals surface area contributed by atoms with E-state index < -0.39 is 0 Å². The highest BCUT2D eigenvalue weighted by Crippen LogP contribution is 2.35. The third kappa shape index (κ3) is 4.06. The number of likely N-dealkylation sites (tertiary alicyclic amines) is 1. The molecule has 7 rings (SSSR count). The molecular weight excluding hydrogens is 450 g/mol. The van der Waals surface area contributed by atoms with Gasteiger partial charge in [0.1, 0.15) is 12.4 Å². The summed E-state index contributed by atoms with van der Waals surface area (Å²) in [6, 6.07) is 10.6. The van der Waals surface area contributed by atoms with E-state index in [-0.39, 0.29) is 1.43 Å². The van der Waals surface area contributed by atoms with Gasteiger partial charge in [0.25, 0.3) is 0 Å². The number of nitrogens with one attached hydrogen (secondary N) is 1. The molecule has 3 atom stereocenters. The summed E-state index contributed by atoms with van der Waals surface area (Å²) in [7, 11) is 2.19. The number of hydrogen-bond acceptors (Lipinski definition) is 8. The maximum atomic E-state index is 6.30. The van der Waals surface area contributed by atoms with Gasteiger partial charge in [0, 0.05) is 61.7 Å². The van der Waals surface area contributed by atoms with Crippen LogP contribution in [0.3, 0.4) is 0 Å². The molecule has 4 aliphatic heterocycles. The van der Waals surface area contributed by atoms with E-state index in [0.29, 0.717) is 30.7 Å². The van der Waals surface area contributed by atoms with Crippen LogP contribution in [0.4, 0.5) is 11.5 Å². The van der Waals surface area contributed by atoms with Gasteiger partial charge in [0.15, 0.2) is 0 Å². The van der Waals surface area contributed by atoms with Crippen LogP contribution < -0.4 is 19.9 Å². The molecule has 3 fully saturated rings. The van der Waals surface area contributed by atoms with Crippen molar-refractivity contribution in [3.8, 4) is 6.01 Å². The van der Waals surface area contributed by atoms with E-state index in [4.69, 9.17) is 14.7 Å². The summed E-state index contributed by atoms with van der Waals surface area (Å²) < 4.78 is 6.30. The van der Waals surface area contributed by atoms with Crippen molar-refractivity contribution < 1.29 is 6.16 Å². The van der Waals surface area contributed by atoms with E-state index in [1.165, 1.54) is 47.7 Å². The Morgan fingerprint density at radius 1 is 1.03 bits per heavy atom. The molecule has 1 aromatic carbocycles. The third-order valence-corrected chi connectivity index (χ3v) is 8.60. The van der Waals surface area contributed by atoms with E-state index in [1.54, 1.807) is 0 Å². The quantitative estimate of drug-likeness (QED) is 0.588. The first-order valence-electron chi connectivity index (χ1n) is 13.5. The Morgan fingerprint density at radius 2 is 1.89 bits per heavy atom. The van der Waals surface area contributed by atoms with Crippen LogP contribution in [0.2, 0.25) is 0 Å². The van der Waals surface area contributed by atoms with Crippen molar-refractivity contribution in [1.82, 2.24) is 25.2 Å². The summed E-state index contributed by atoms with van der Waals surface area (Å²) in [6.07, 6.45) is 9.80. The lowest BCUT2D eigenvalue weighted by Gasteiger charge is -2.37. The standard InChI is InChI=1S/C28H35N7O.H2/c1-33-11-4-6-22(33)18-36-28-31-25-17-34(26-14-29-13-19-5-2-3-7-23(19)26)12-10-24(25)27(32-28)35-15-20-8-9-21(16-35)30-20;/h2-3,5,7,13-14,20-22,30H,4,6,8-12,15-18H2,1H3;1H/t20?,21?,22-;/m0./s1. The lowest BCUT2D eigenvalue weighted by Crippen LogP contribution is -2.52. The Balaban J connectivity index is 0.00000252. The summed E-state index contributed by atoms with van der Waals surface area (Å²) in [5, 5.41) is 6.17. The van der Waals surface area contributed by atoms with Crippen LogP contribution in [-0.2, 0) is 13.0 Å². The van der Waals surface area contributed by atoms with E-state index in [0.717, 1.165) is 50.7 Å². The number of hydrogen-bond donors (Lipinski definition) is 1. The molecule has 2 aromatic heterocycles. The van der Waals surface area contributed by atoms with Gasteiger partial charge in [0.05, 0.1) is 24.1 Å². The molecule has 0 amide bonds. The lowest BCUT2D eigenvalue weighted by molar-refractivity contribution is 0.187. The van der Waals surface area contributed by atoms with Crippen molar-refractivity contribution in [2.75, 3.05) is 49.6 Å². The van der Waals surface area contributed by atoms with Crippen LogP contribution in [0.1, 0.15) is 38.4 Å². The number of anilines is 2. The first-order valence-corrected chi connectivity index (χ1v) is 13.5. The molecule has 6 heterocycles. The minimum absolute atomic E-state index is 0. The highest BCUT2D eigenvalue weighted by atomic mass is 16.5. The van der Waals surface area contributed by atoms with Crippen LogP contribution in [0, 0.1) is 0 Å². The third-order valence-electron chi connectivity index (χ3n) is 8.60. The normalized spacial score (nSPS) is 26.0. The first kappa shape index (κ1) is 22.2. The zero-order chi connectivity index (χ0) is 24.1. The van der Waals surface area contributed by atoms with Gasteiger partial charge in [0.2, 0.25) is 0 Å². The predicted octanol–water partition coefficient (Wildman–Crippen LogP) is 3.25. The Morgan fingerprint density at radius 3 is 2.72 bits per heavy atom. The number of pyridine rings is 1. The molecule has 1 N–H and O–H groups in total. The van der Waals surface area contributed by atoms with Crippen LogP contribution >= 0.6 is 0 Å². The second-order valence-electron chi connectivity index (χ2n) is 10.9. The van der Waals surface area contributed by atoms with Crippen LogP contribution in [0.5, 0.6) is 6.01 Å². The molecule has 2 unspecified atom stereocenters. The average molecular weight is 488 g/mol. The molecule has 2 bridgehead atoms. The summed E-state index contributed by atoms with van der Waals surface area (Å²) in [4.78, 5) is 21.9.